The molecule has 0 radical (unpaired) electrons. The van der Waals surface area contributed by atoms with Crippen molar-refractivity contribution in [3.05, 3.63) is 54.0 Å². The van der Waals surface area contributed by atoms with E-state index in [0.29, 0.717) is 11.2 Å². The molecular formula is C28H40N5O9P. The maximum atomic E-state index is 14.0. The average molecular weight is 622 g/mol. The van der Waals surface area contributed by atoms with Gasteiger partial charge in [-0.2, -0.15) is 10.2 Å². The van der Waals surface area contributed by atoms with Gasteiger partial charge in [0.15, 0.2) is 5.82 Å². The van der Waals surface area contributed by atoms with E-state index in [9.17, 15) is 19.6 Å². The molecule has 1 fully saturated rings. The Morgan fingerprint density at radius 3 is 2.56 bits per heavy atom. The number of nitrogens with one attached hydrogen (secondary N) is 1. The summed E-state index contributed by atoms with van der Waals surface area (Å²) in [6, 6.07) is 9.20. The molecule has 5 N–H and O–H groups in total. The van der Waals surface area contributed by atoms with Crippen LogP contribution in [0.3, 0.4) is 0 Å². The first-order chi connectivity index (χ1) is 20.2. The summed E-state index contributed by atoms with van der Waals surface area (Å²) < 4.78 is 43.2. The number of ether oxygens (including phenoxy) is 3. The first kappa shape index (κ1) is 32.8. The van der Waals surface area contributed by atoms with E-state index in [0.717, 1.165) is 5.56 Å². The number of aromatic nitrogens is 3. The molecule has 43 heavy (non-hydrogen) atoms. The van der Waals surface area contributed by atoms with E-state index in [4.69, 9.17) is 29.0 Å². The number of esters is 1. The van der Waals surface area contributed by atoms with E-state index in [-0.39, 0.29) is 30.2 Å². The number of aliphatic hydroxyl groups excluding tert-OH is 2. The zero-order valence-electron chi connectivity index (χ0n) is 25.1. The number of hydrogen-bond donors (Lipinski definition) is 4. The minimum atomic E-state index is -4.29. The van der Waals surface area contributed by atoms with Gasteiger partial charge in [-0.15, -0.1) is 0 Å². The average Bonchev–Trinajstić information content (AvgIpc) is 3.48. The summed E-state index contributed by atoms with van der Waals surface area (Å²) in [5.74, 6) is -0.250. The van der Waals surface area contributed by atoms with E-state index >= 15 is 0 Å². The predicted octanol–water partition coefficient (Wildman–Crippen LogP) is 2.32. The molecule has 14 nitrogen and oxygen atoms in total. The van der Waals surface area contributed by atoms with E-state index in [1.54, 1.807) is 31.2 Å². The van der Waals surface area contributed by atoms with Gasteiger partial charge in [-0.25, -0.2) is 14.1 Å². The standard InChI is InChI=1S/C28H40N5O9P/c1-17(26(36)39-14-13-38-6)32-43(37,42-19-9-7-18(8-10-19)27(2,3)4)40-15-21-23(34)24(35)28(5,41-21)22-12-11-20-25(29)30-16-31-33(20)22/h7-12,16-17,21,23-24,34-35H,13-15H2,1-6H3,(H,32,37)(H2,29,30,31)/t17-,21+,23+,24+,28-,43?/m0/s1. The van der Waals surface area contributed by atoms with Crippen molar-refractivity contribution in [3.8, 4) is 5.75 Å². The second-order valence-electron chi connectivity index (χ2n) is 11.5. The zero-order chi connectivity index (χ0) is 31.6. The monoisotopic (exact) mass is 621 g/mol. The summed E-state index contributed by atoms with van der Waals surface area (Å²) in [5.41, 5.74) is 6.32. The van der Waals surface area contributed by atoms with Gasteiger partial charge in [-0.1, -0.05) is 32.9 Å². The fourth-order valence-corrected chi connectivity index (χ4v) is 6.21. The molecule has 15 heteroatoms. The number of benzene rings is 1. The number of carbonyl (C=O) groups is 1. The molecule has 236 valence electrons. The van der Waals surface area contributed by atoms with Crippen LogP contribution in [0, 0.1) is 0 Å². The highest BCUT2D eigenvalue weighted by atomic mass is 31.2. The summed E-state index contributed by atoms with van der Waals surface area (Å²) in [4.78, 5) is 16.5. The largest absolute Gasteiger partial charge is 0.462 e. The normalized spacial score (nSPS) is 24.5. The number of carbonyl (C=O) groups excluding carboxylic acids is 1. The van der Waals surface area contributed by atoms with Crippen LogP contribution in [-0.2, 0) is 39.1 Å². The van der Waals surface area contributed by atoms with Crippen LogP contribution in [0.5, 0.6) is 5.75 Å². The zero-order valence-corrected chi connectivity index (χ0v) is 26.0. The van der Waals surface area contributed by atoms with Crippen molar-refractivity contribution in [2.24, 2.45) is 0 Å². The predicted molar refractivity (Wildman–Crippen MR) is 156 cm³/mol. The highest BCUT2D eigenvalue weighted by molar-refractivity contribution is 7.52. The first-order valence-electron chi connectivity index (χ1n) is 13.8. The molecule has 3 heterocycles. The Morgan fingerprint density at radius 1 is 1.21 bits per heavy atom. The molecule has 6 atom stereocenters. The van der Waals surface area contributed by atoms with Crippen LogP contribution in [0.2, 0.25) is 0 Å². The number of aliphatic hydroxyl groups is 2. The minimum absolute atomic E-state index is 0.00516. The van der Waals surface area contributed by atoms with Gasteiger partial charge in [0.25, 0.3) is 0 Å². The van der Waals surface area contributed by atoms with Crippen LogP contribution in [0.25, 0.3) is 5.52 Å². The Hall–Kier alpha value is -3.10. The molecule has 0 spiro atoms. The van der Waals surface area contributed by atoms with Gasteiger partial charge in [0, 0.05) is 7.11 Å². The third-order valence-electron chi connectivity index (χ3n) is 7.25. The van der Waals surface area contributed by atoms with Gasteiger partial charge in [0.2, 0.25) is 0 Å². The number of hydrogen-bond acceptors (Lipinski definition) is 12. The maximum Gasteiger partial charge on any atom is 0.459 e. The first-order valence-corrected chi connectivity index (χ1v) is 15.3. The highest BCUT2D eigenvalue weighted by Gasteiger charge is 2.54. The molecule has 1 saturated heterocycles. The lowest BCUT2D eigenvalue weighted by atomic mass is 9.87. The van der Waals surface area contributed by atoms with E-state index < -0.39 is 50.3 Å². The third kappa shape index (κ3) is 7.18. The van der Waals surface area contributed by atoms with Crippen LogP contribution in [0.4, 0.5) is 5.82 Å². The van der Waals surface area contributed by atoms with Crippen molar-refractivity contribution in [2.75, 3.05) is 32.7 Å². The van der Waals surface area contributed by atoms with Crippen molar-refractivity contribution >= 4 is 25.1 Å². The Labute approximate surface area is 250 Å². The Morgan fingerprint density at radius 2 is 1.91 bits per heavy atom. The lowest BCUT2D eigenvalue weighted by Gasteiger charge is -2.27. The van der Waals surface area contributed by atoms with Crippen molar-refractivity contribution in [1.82, 2.24) is 19.7 Å². The third-order valence-corrected chi connectivity index (χ3v) is 8.89. The number of anilines is 1. The van der Waals surface area contributed by atoms with Crippen molar-refractivity contribution < 1.29 is 42.8 Å². The van der Waals surface area contributed by atoms with Crippen LogP contribution in [0.1, 0.15) is 45.9 Å². The summed E-state index contributed by atoms with van der Waals surface area (Å²) >= 11 is 0. The van der Waals surface area contributed by atoms with Crippen molar-refractivity contribution in [3.63, 3.8) is 0 Å². The fraction of sp³-hybridized carbons (Fsp3) is 0.536. The van der Waals surface area contributed by atoms with E-state index in [1.807, 2.05) is 12.1 Å². The maximum absolute atomic E-state index is 14.0. The number of methoxy groups -OCH3 is 1. The Balaban J connectivity index is 1.54. The Kier molecular flexibility index (Phi) is 9.82. The number of nitrogens with two attached hydrogens (primary N) is 1. The lowest BCUT2D eigenvalue weighted by Crippen LogP contribution is -2.40. The van der Waals surface area contributed by atoms with Crippen LogP contribution >= 0.6 is 7.75 Å². The topological polar surface area (TPSA) is 189 Å². The van der Waals surface area contributed by atoms with E-state index in [1.165, 1.54) is 24.9 Å². The molecule has 2 aromatic heterocycles. The molecule has 1 aliphatic heterocycles. The van der Waals surface area contributed by atoms with Crippen molar-refractivity contribution in [2.45, 2.75) is 70.0 Å². The summed E-state index contributed by atoms with van der Waals surface area (Å²) in [6.07, 6.45) is -2.73. The van der Waals surface area contributed by atoms with Gasteiger partial charge in [0.1, 0.15) is 54.2 Å². The highest BCUT2D eigenvalue weighted by Crippen LogP contribution is 2.47. The fourth-order valence-electron chi connectivity index (χ4n) is 4.71. The summed E-state index contributed by atoms with van der Waals surface area (Å²) in [5, 5.41) is 28.8. The van der Waals surface area contributed by atoms with Crippen LogP contribution in [-0.4, -0.2) is 82.1 Å². The number of nitrogens with zero attached hydrogens (tertiary/aromatic N) is 3. The lowest BCUT2D eigenvalue weighted by molar-refractivity contribution is -0.146. The molecule has 4 rings (SSSR count). The number of fused-ring (bicyclic) bond motifs is 1. The minimum Gasteiger partial charge on any atom is -0.462 e. The second-order valence-corrected chi connectivity index (χ2v) is 13.2. The smallest absolute Gasteiger partial charge is 0.459 e. The SMILES string of the molecule is COCCOC(=O)[C@H](C)NP(=O)(OC[C@H]1O[C@@](C)(c2ccc3c(N)ncnn23)[C@H](O)[C@@H]1O)Oc1ccc(C(C)(C)C)cc1. The van der Waals surface area contributed by atoms with Gasteiger partial charge in [0.05, 0.1) is 18.9 Å². The molecule has 0 bridgehead atoms. The Bertz CT molecular complexity index is 1460. The summed E-state index contributed by atoms with van der Waals surface area (Å²) in [6.45, 7) is 8.94. The summed E-state index contributed by atoms with van der Waals surface area (Å²) in [7, 11) is -2.82. The van der Waals surface area contributed by atoms with Gasteiger partial charge < -0.3 is 34.7 Å². The molecule has 0 amide bonds. The van der Waals surface area contributed by atoms with Crippen LogP contribution < -0.4 is 15.3 Å². The molecule has 0 aliphatic carbocycles. The van der Waals surface area contributed by atoms with Gasteiger partial charge in [-0.05, 0) is 49.1 Å². The molecule has 1 aliphatic rings. The van der Waals surface area contributed by atoms with Gasteiger partial charge >= 0.3 is 13.7 Å². The second kappa shape index (κ2) is 12.9. The molecule has 1 aromatic carbocycles. The number of rotatable bonds is 12. The quantitative estimate of drug-likeness (QED) is 0.131. The molecular weight excluding hydrogens is 581 g/mol. The number of nitrogen functional groups attached to an aromatic ring is 1. The molecule has 1 unspecified atom stereocenters. The van der Waals surface area contributed by atoms with Crippen molar-refractivity contribution in [1.29, 1.82) is 0 Å². The molecule has 3 aromatic rings. The van der Waals surface area contributed by atoms with E-state index in [2.05, 4.69) is 35.9 Å². The van der Waals surface area contributed by atoms with Gasteiger partial charge in [-0.3, -0.25) is 9.32 Å². The van der Waals surface area contributed by atoms with Crippen LogP contribution in [0.15, 0.2) is 42.7 Å². The molecule has 0 saturated carbocycles.